The van der Waals surface area contributed by atoms with Gasteiger partial charge in [0.1, 0.15) is 18.5 Å². The lowest BCUT2D eigenvalue weighted by molar-refractivity contribution is -0.159. The van der Waals surface area contributed by atoms with Gasteiger partial charge in [-0.1, -0.05) is 30.3 Å². The molecule has 0 saturated carbocycles. The summed E-state index contributed by atoms with van der Waals surface area (Å²) in [5.74, 6) is -2.83. The van der Waals surface area contributed by atoms with Crippen LogP contribution in [-0.4, -0.2) is 75.1 Å². The first-order chi connectivity index (χ1) is 16.8. The summed E-state index contributed by atoms with van der Waals surface area (Å²) in [6, 6.07) is 16.6. The molecule has 1 aromatic heterocycles. The number of nitrogens with one attached hydrogen (secondary N) is 1. The van der Waals surface area contributed by atoms with Crippen LogP contribution < -0.4 is 4.74 Å². The summed E-state index contributed by atoms with van der Waals surface area (Å²) in [7, 11) is 0. The number of aliphatic carboxylic acids is 2. The van der Waals surface area contributed by atoms with Crippen molar-refractivity contribution in [3.8, 4) is 5.75 Å². The molecule has 9 nitrogen and oxygen atoms in total. The Morgan fingerprint density at radius 2 is 1.74 bits per heavy atom. The van der Waals surface area contributed by atoms with Gasteiger partial charge in [-0.3, -0.25) is 0 Å². The van der Waals surface area contributed by atoms with Crippen molar-refractivity contribution < 1.29 is 34.4 Å². The third-order valence-electron chi connectivity index (χ3n) is 6.57. The number of carbonyl (C=O) groups is 2. The summed E-state index contributed by atoms with van der Waals surface area (Å²) in [5, 5.41) is 26.3. The van der Waals surface area contributed by atoms with Crippen LogP contribution >= 0.6 is 0 Å². The van der Waals surface area contributed by atoms with Crippen LogP contribution in [0.1, 0.15) is 24.0 Å². The van der Waals surface area contributed by atoms with Crippen LogP contribution in [0.3, 0.4) is 0 Å². The van der Waals surface area contributed by atoms with Gasteiger partial charge in [-0.15, -0.1) is 0 Å². The maximum Gasteiger partial charge on any atom is 0.414 e. The number of likely N-dealkylation sites (tertiary alicyclic amines) is 1. The molecule has 186 valence electrons. The van der Waals surface area contributed by atoms with E-state index in [0.29, 0.717) is 13.2 Å². The summed E-state index contributed by atoms with van der Waals surface area (Å²) < 4.78 is 12.2. The van der Waals surface area contributed by atoms with Crippen LogP contribution in [0.5, 0.6) is 5.75 Å². The number of hydrogen-bond acceptors (Lipinski definition) is 6. The molecule has 5 rings (SSSR count). The summed E-state index contributed by atoms with van der Waals surface area (Å²) in [6.45, 7) is 3.56. The van der Waals surface area contributed by atoms with Crippen LogP contribution in [-0.2, 0) is 27.4 Å². The van der Waals surface area contributed by atoms with E-state index < -0.39 is 18.0 Å². The van der Waals surface area contributed by atoms with E-state index in [4.69, 9.17) is 29.3 Å². The van der Waals surface area contributed by atoms with Gasteiger partial charge in [-0.2, -0.15) is 0 Å². The highest BCUT2D eigenvalue weighted by molar-refractivity contribution is 6.27. The molecule has 0 unspecified atom stereocenters. The fourth-order valence-electron chi connectivity index (χ4n) is 4.68. The topological polar surface area (TPSA) is 132 Å². The second kappa shape index (κ2) is 10.9. The highest BCUT2D eigenvalue weighted by Gasteiger charge is 2.38. The zero-order chi connectivity index (χ0) is 24.8. The fraction of sp³-hybridized carbons (Fsp3) is 0.385. The molecule has 3 aromatic rings. The number of benzene rings is 2. The molecule has 2 aliphatic heterocycles. The van der Waals surface area contributed by atoms with E-state index in [-0.39, 0.29) is 5.60 Å². The second-order valence-electron chi connectivity index (χ2n) is 8.99. The van der Waals surface area contributed by atoms with Crippen molar-refractivity contribution in [3.05, 3.63) is 65.9 Å². The number of fused-ring (bicyclic) bond motifs is 2. The number of aliphatic hydroxyl groups excluding tert-OH is 1. The van der Waals surface area contributed by atoms with E-state index in [1.54, 1.807) is 0 Å². The zero-order valence-corrected chi connectivity index (χ0v) is 19.4. The minimum Gasteiger partial charge on any atom is -0.490 e. The van der Waals surface area contributed by atoms with Gasteiger partial charge in [0.25, 0.3) is 0 Å². The Kier molecular flexibility index (Phi) is 7.70. The fourth-order valence-corrected chi connectivity index (χ4v) is 4.68. The average molecular weight is 483 g/mol. The minimum atomic E-state index is -1.82. The summed E-state index contributed by atoms with van der Waals surface area (Å²) in [6.07, 6.45) is 4.42. The average Bonchev–Trinajstić information content (AvgIpc) is 3.34. The molecule has 35 heavy (non-hydrogen) atoms. The predicted octanol–water partition coefficient (Wildman–Crippen LogP) is 2.67. The van der Waals surface area contributed by atoms with Crippen molar-refractivity contribution in [2.24, 2.45) is 0 Å². The van der Waals surface area contributed by atoms with E-state index in [9.17, 15) is 5.11 Å². The highest BCUT2D eigenvalue weighted by atomic mass is 16.5. The number of nitrogens with zero attached hydrogens (tertiary/aromatic N) is 1. The number of rotatable bonds is 5. The Morgan fingerprint density at radius 3 is 2.46 bits per heavy atom. The van der Waals surface area contributed by atoms with E-state index in [1.165, 1.54) is 11.1 Å². The third-order valence-corrected chi connectivity index (χ3v) is 6.57. The Balaban J connectivity index is 0.000000431. The van der Waals surface area contributed by atoms with Gasteiger partial charge < -0.3 is 34.7 Å². The second-order valence-corrected chi connectivity index (χ2v) is 8.99. The van der Waals surface area contributed by atoms with Gasteiger partial charge >= 0.3 is 11.9 Å². The molecular weight excluding hydrogens is 452 g/mol. The molecule has 9 heteroatoms. The first-order valence-corrected chi connectivity index (χ1v) is 11.6. The highest BCUT2D eigenvalue weighted by Crippen LogP contribution is 2.36. The number of carboxylic acids is 2. The predicted molar refractivity (Wildman–Crippen MR) is 128 cm³/mol. The van der Waals surface area contributed by atoms with Gasteiger partial charge in [-0.25, -0.2) is 9.59 Å². The van der Waals surface area contributed by atoms with Crippen LogP contribution in [0.4, 0.5) is 0 Å². The lowest BCUT2D eigenvalue weighted by Crippen LogP contribution is -2.50. The first kappa shape index (κ1) is 24.7. The lowest BCUT2D eigenvalue weighted by atomic mass is 9.82. The van der Waals surface area contributed by atoms with Crippen LogP contribution in [0.25, 0.3) is 10.9 Å². The number of hydrogen-bond donors (Lipinski definition) is 4. The maximum atomic E-state index is 10.5. The Bertz CT molecular complexity index is 1160. The molecule has 1 atom stereocenters. The van der Waals surface area contributed by atoms with Gasteiger partial charge in [0.2, 0.25) is 0 Å². The monoisotopic (exact) mass is 482 g/mol. The van der Waals surface area contributed by atoms with Gasteiger partial charge in [-0.05, 0) is 42.2 Å². The van der Waals surface area contributed by atoms with Crippen molar-refractivity contribution >= 4 is 22.8 Å². The summed E-state index contributed by atoms with van der Waals surface area (Å²) >= 11 is 0. The number of carboxylic acid groups (broad SMARTS) is 2. The van der Waals surface area contributed by atoms with Gasteiger partial charge in [0.15, 0.2) is 0 Å². The number of β-amino-alcohol motifs (C(OH)–C–C–N with tert-alkyl or cyclic N) is 1. The molecule has 3 heterocycles. The summed E-state index contributed by atoms with van der Waals surface area (Å²) in [5.41, 5.74) is 3.77. The van der Waals surface area contributed by atoms with Crippen molar-refractivity contribution in [3.63, 3.8) is 0 Å². The molecule has 0 amide bonds. The van der Waals surface area contributed by atoms with E-state index in [1.807, 2.05) is 30.5 Å². The quantitative estimate of drug-likeness (QED) is 0.408. The molecule has 0 aliphatic carbocycles. The van der Waals surface area contributed by atoms with Gasteiger partial charge in [0, 0.05) is 43.2 Å². The van der Waals surface area contributed by atoms with Crippen molar-refractivity contribution in [2.75, 3.05) is 26.2 Å². The maximum absolute atomic E-state index is 10.5. The Morgan fingerprint density at radius 1 is 1.03 bits per heavy atom. The van der Waals surface area contributed by atoms with E-state index in [2.05, 4.69) is 34.1 Å². The normalized spacial score (nSPS) is 17.7. The molecule has 0 bridgehead atoms. The number of aliphatic hydroxyl groups is 1. The number of aromatic amines is 1. The molecule has 4 N–H and O–H groups in total. The number of ether oxygens (including phenoxy) is 2. The first-order valence-electron chi connectivity index (χ1n) is 11.6. The Hall–Kier alpha value is -3.40. The minimum absolute atomic E-state index is 0.0315. The van der Waals surface area contributed by atoms with Crippen LogP contribution in [0.2, 0.25) is 0 Å². The smallest absolute Gasteiger partial charge is 0.414 e. The molecule has 1 spiro atoms. The zero-order valence-electron chi connectivity index (χ0n) is 19.4. The molecular formula is C26H30N2O7. The van der Waals surface area contributed by atoms with Gasteiger partial charge in [0.05, 0.1) is 12.2 Å². The standard InChI is InChI=1S/C24H28N2O3.C2H2O4/c27-20(17-28-23-7-3-6-22-21(23)8-11-25-22)15-26-12-9-24(10-13-26)14-18-4-1-2-5-19(18)16-29-24;3-1(4)2(5)6/h1-8,11,20,25,27H,9-10,12-17H2;(H,3,4)(H,5,6)/t20-;/m0./s1. The van der Waals surface area contributed by atoms with Crippen molar-refractivity contribution in [1.29, 1.82) is 0 Å². The Labute approximate surface area is 202 Å². The summed E-state index contributed by atoms with van der Waals surface area (Å²) in [4.78, 5) is 23.7. The largest absolute Gasteiger partial charge is 0.490 e. The molecule has 2 aromatic carbocycles. The number of H-pyrrole nitrogens is 1. The number of piperidine rings is 1. The number of aromatic nitrogens is 1. The molecule has 2 aliphatic rings. The van der Waals surface area contributed by atoms with Crippen LogP contribution in [0, 0.1) is 0 Å². The van der Waals surface area contributed by atoms with Crippen LogP contribution in [0.15, 0.2) is 54.7 Å². The van der Waals surface area contributed by atoms with Crippen molar-refractivity contribution in [2.45, 2.75) is 37.6 Å². The van der Waals surface area contributed by atoms with E-state index in [0.717, 1.165) is 55.6 Å². The SMILES string of the molecule is O=C(O)C(=O)O.O[C@H](COc1cccc2[nH]ccc12)CN1CCC2(CC1)Cc1ccccc1CO2. The lowest BCUT2D eigenvalue weighted by Gasteiger charge is -2.44. The molecule has 1 saturated heterocycles. The molecule has 0 radical (unpaired) electrons. The third kappa shape index (κ3) is 6.19. The van der Waals surface area contributed by atoms with E-state index >= 15 is 0 Å². The molecule has 1 fully saturated rings. The van der Waals surface area contributed by atoms with Crippen molar-refractivity contribution in [1.82, 2.24) is 9.88 Å².